The van der Waals surface area contributed by atoms with Crippen LogP contribution >= 0.6 is 0 Å². The number of ether oxygens (including phenoxy) is 3. The Morgan fingerprint density at radius 2 is 1.88 bits per heavy atom. The summed E-state index contributed by atoms with van der Waals surface area (Å²) in [5, 5.41) is 21.4. The van der Waals surface area contributed by atoms with Gasteiger partial charge in [-0.2, -0.15) is 0 Å². The number of aromatic nitrogens is 1. The molecule has 1 saturated heterocycles. The van der Waals surface area contributed by atoms with E-state index in [1.165, 1.54) is 7.11 Å². The number of carbonyl (C=O) groups is 1. The molecule has 2 N–H and O–H groups in total. The number of hydrogen-bond donors (Lipinski definition) is 2. The zero-order valence-corrected chi connectivity index (χ0v) is 24.6. The molecule has 0 spiro atoms. The van der Waals surface area contributed by atoms with Gasteiger partial charge in [-0.15, -0.1) is 0 Å². The van der Waals surface area contributed by atoms with Crippen LogP contribution in [0.4, 0.5) is 0 Å². The number of pyridine rings is 1. The van der Waals surface area contributed by atoms with Crippen LogP contribution in [0.5, 0.6) is 5.75 Å². The van der Waals surface area contributed by atoms with Gasteiger partial charge in [0.05, 0.1) is 13.7 Å². The van der Waals surface area contributed by atoms with E-state index in [2.05, 4.69) is 35.9 Å². The van der Waals surface area contributed by atoms with Crippen LogP contribution in [0.1, 0.15) is 50.8 Å². The molecule has 5 atom stereocenters. The number of aliphatic hydroxyl groups is 2. The number of hydrogen-bond acceptors (Lipinski definition) is 8. The zero-order valence-electron chi connectivity index (χ0n) is 24.6. The van der Waals surface area contributed by atoms with E-state index < -0.39 is 18.3 Å². The van der Waals surface area contributed by atoms with Crippen molar-refractivity contribution in [3.05, 3.63) is 59.9 Å². The number of nitrogens with zero attached hydrogens (tertiary/aromatic N) is 3. The second-order valence-electron chi connectivity index (χ2n) is 11.0. The molecule has 1 fully saturated rings. The average molecular weight is 558 g/mol. The van der Waals surface area contributed by atoms with E-state index in [4.69, 9.17) is 14.2 Å². The first-order chi connectivity index (χ1) is 19.2. The maximum atomic E-state index is 13.0. The quantitative estimate of drug-likeness (QED) is 0.558. The first-order valence-electron chi connectivity index (χ1n) is 14.2. The Morgan fingerprint density at radius 1 is 1.12 bits per heavy atom. The molecule has 0 bridgehead atoms. The summed E-state index contributed by atoms with van der Waals surface area (Å²) in [5.74, 6) is 0.931. The molecule has 1 aromatic heterocycles. The van der Waals surface area contributed by atoms with Gasteiger partial charge in [-0.05, 0) is 66.6 Å². The molecule has 9 nitrogen and oxygen atoms in total. The van der Waals surface area contributed by atoms with Crippen LogP contribution in [-0.2, 0) is 20.8 Å². The van der Waals surface area contributed by atoms with Crippen LogP contribution in [0.3, 0.4) is 0 Å². The van der Waals surface area contributed by atoms with E-state index in [9.17, 15) is 15.0 Å². The Balaban J connectivity index is 2.10. The van der Waals surface area contributed by atoms with Gasteiger partial charge in [-0.25, -0.2) is 0 Å². The number of carbonyl (C=O) groups excluding carboxylic acids is 1. The standard InChI is InChI=1S/C31H47N3O6/c1-22(2)27-19-34(23(3)35)20-29(39-5)31(37)28(36)21-40-16-7-6-15-33(18-24-11-13-32-14-12-24)30(27)25-9-8-10-26(17-25)38-4/h8-14,17,22,27-31,36-37H,6-7,15-16,18-21H2,1-5H3/t27-,28+,29+,30-,31+/m1/s1. The van der Waals surface area contributed by atoms with E-state index >= 15 is 0 Å². The van der Waals surface area contributed by atoms with Gasteiger partial charge in [0, 0.05) is 58.7 Å². The second kappa shape index (κ2) is 16.0. The molecule has 3 rings (SSSR count). The lowest BCUT2D eigenvalue weighted by Gasteiger charge is -2.42. The van der Waals surface area contributed by atoms with Crippen LogP contribution in [0.15, 0.2) is 48.8 Å². The Hall–Kier alpha value is -2.56. The lowest BCUT2D eigenvalue weighted by molar-refractivity contribution is -0.138. The Bertz CT molecular complexity index is 1020. The van der Waals surface area contributed by atoms with Gasteiger partial charge >= 0.3 is 0 Å². The summed E-state index contributed by atoms with van der Waals surface area (Å²) in [6, 6.07) is 12.2. The van der Waals surface area contributed by atoms with Gasteiger partial charge < -0.3 is 29.3 Å². The van der Waals surface area contributed by atoms with Gasteiger partial charge in [-0.1, -0.05) is 26.0 Å². The fraction of sp³-hybridized carbons (Fsp3) is 0.613. The Morgan fingerprint density at radius 3 is 2.52 bits per heavy atom. The van der Waals surface area contributed by atoms with Crippen molar-refractivity contribution in [1.29, 1.82) is 0 Å². The normalized spacial score (nSPS) is 26.2. The summed E-state index contributed by atoms with van der Waals surface area (Å²) in [5.41, 5.74) is 2.28. The highest BCUT2D eigenvalue weighted by Crippen LogP contribution is 2.37. The monoisotopic (exact) mass is 557 g/mol. The van der Waals surface area contributed by atoms with Gasteiger partial charge in [-0.3, -0.25) is 14.7 Å². The van der Waals surface area contributed by atoms with E-state index in [0.717, 1.165) is 36.3 Å². The smallest absolute Gasteiger partial charge is 0.219 e. The molecule has 0 saturated carbocycles. The topological polar surface area (TPSA) is 105 Å². The van der Waals surface area contributed by atoms with Crippen molar-refractivity contribution in [2.45, 2.75) is 64.5 Å². The molecule has 1 amide bonds. The first-order valence-corrected chi connectivity index (χ1v) is 14.2. The van der Waals surface area contributed by atoms with Crippen LogP contribution in [0.25, 0.3) is 0 Å². The van der Waals surface area contributed by atoms with E-state index in [-0.39, 0.29) is 36.9 Å². The van der Waals surface area contributed by atoms with E-state index in [1.54, 1.807) is 18.9 Å². The van der Waals surface area contributed by atoms with Crippen molar-refractivity contribution in [1.82, 2.24) is 14.8 Å². The van der Waals surface area contributed by atoms with E-state index in [1.807, 2.05) is 36.7 Å². The first kappa shape index (κ1) is 32.0. The third kappa shape index (κ3) is 8.97. The van der Waals surface area contributed by atoms with Gasteiger partial charge in [0.2, 0.25) is 5.91 Å². The molecule has 2 aromatic rings. The molecular weight excluding hydrogens is 510 g/mol. The molecule has 1 aromatic carbocycles. The molecule has 2 heterocycles. The average Bonchev–Trinajstić information content (AvgIpc) is 2.95. The summed E-state index contributed by atoms with van der Waals surface area (Å²) < 4.78 is 16.9. The number of rotatable bonds is 6. The van der Waals surface area contributed by atoms with Crippen LogP contribution in [0.2, 0.25) is 0 Å². The van der Waals surface area contributed by atoms with Crippen molar-refractivity contribution in [3.8, 4) is 5.75 Å². The van der Waals surface area contributed by atoms with E-state index in [0.29, 0.717) is 19.7 Å². The fourth-order valence-corrected chi connectivity index (χ4v) is 5.46. The SMILES string of the molecule is COc1cccc([C@@H]2[C@@H](C(C)C)CN(C(C)=O)C[C@H](OC)[C@@H](O)[C@@H](O)COCCCCN2Cc2ccncc2)c1. The third-order valence-corrected chi connectivity index (χ3v) is 7.85. The maximum Gasteiger partial charge on any atom is 0.219 e. The lowest BCUT2D eigenvalue weighted by atomic mass is 9.82. The van der Waals surface area contributed by atoms with Crippen LogP contribution in [0, 0.1) is 11.8 Å². The van der Waals surface area contributed by atoms with Gasteiger partial charge in [0.1, 0.15) is 24.1 Å². The highest BCUT2D eigenvalue weighted by Gasteiger charge is 2.36. The molecule has 9 heteroatoms. The summed E-state index contributed by atoms with van der Waals surface area (Å²) in [6.45, 7) is 8.53. The predicted octanol–water partition coefficient (Wildman–Crippen LogP) is 3.30. The highest BCUT2D eigenvalue weighted by molar-refractivity contribution is 5.73. The third-order valence-electron chi connectivity index (χ3n) is 7.85. The van der Waals surface area contributed by atoms with Gasteiger partial charge in [0.15, 0.2) is 0 Å². The maximum absolute atomic E-state index is 13.0. The largest absolute Gasteiger partial charge is 0.497 e. The minimum absolute atomic E-state index is 0.00286. The van der Waals surface area contributed by atoms with Crippen LogP contribution < -0.4 is 4.74 Å². The molecule has 0 radical (unpaired) electrons. The zero-order chi connectivity index (χ0) is 29.1. The second-order valence-corrected chi connectivity index (χ2v) is 11.0. The number of benzene rings is 1. The summed E-state index contributed by atoms with van der Waals surface area (Å²) >= 11 is 0. The summed E-state index contributed by atoms with van der Waals surface area (Å²) in [4.78, 5) is 21.4. The van der Waals surface area contributed by atoms with Crippen LogP contribution in [-0.4, -0.2) is 96.3 Å². The molecule has 0 unspecified atom stereocenters. The molecule has 222 valence electrons. The van der Waals surface area contributed by atoms with Crippen molar-refractivity contribution in [2.75, 3.05) is 47.1 Å². The number of aliphatic hydroxyl groups excluding tert-OH is 2. The molecular formula is C31H47N3O6. The fourth-order valence-electron chi connectivity index (χ4n) is 5.46. The van der Waals surface area contributed by atoms with Crippen molar-refractivity contribution < 1.29 is 29.2 Å². The molecule has 40 heavy (non-hydrogen) atoms. The minimum atomic E-state index is -1.19. The lowest BCUT2D eigenvalue weighted by Crippen LogP contribution is -2.50. The highest BCUT2D eigenvalue weighted by atomic mass is 16.5. The Labute approximate surface area is 239 Å². The number of amides is 1. The summed E-state index contributed by atoms with van der Waals surface area (Å²) in [7, 11) is 3.16. The molecule has 1 aliphatic heterocycles. The number of methoxy groups -OCH3 is 2. The Kier molecular flexibility index (Phi) is 12.8. The van der Waals surface area contributed by atoms with Crippen molar-refractivity contribution >= 4 is 5.91 Å². The predicted molar refractivity (Wildman–Crippen MR) is 154 cm³/mol. The molecule has 0 aliphatic carbocycles. The minimum Gasteiger partial charge on any atom is -0.497 e. The summed E-state index contributed by atoms with van der Waals surface area (Å²) in [6.07, 6.45) is 2.26. The molecule has 1 aliphatic rings. The van der Waals surface area contributed by atoms with Crippen molar-refractivity contribution in [2.24, 2.45) is 11.8 Å². The van der Waals surface area contributed by atoms with Crippen molar-refractivity contribution in [3.63, 3.8) is 0 Å². The van der Waals surface area contributed by atoms with Gasteiger partial charge in [0.25, 0.3) is 0 Å².